The SMILES string of the molecule is CNC(=O)c1ccc(N2CCN(Cc3cnc4c(c3F)NC(=O)[C@@H](C3CC3)O4)CC2)c(F)n1. The standard InChI is InChI=1S/C22H24F2N6O3/c1-25-20(31)14-4-5-15(19(24)27-14)30-8-6-29(7-9-30)11-13-10-26-22-17(16(13)23)28-21(32)18(33-22)12-2-3-12/h4-5,10,12,18H,2-3,6-9,11H2,1H3,(H,25,31)(H,28,32)/t18-/m1/s1. The number of amides is 2. The number of halogens is 2. The van der Waals surface area contributed by atoms with Gasteiger partial charge in [0.1, 0.15) is 11.4 Å². The Morgan fingerprint density at radius 2 is 2.00 bits per heavy atom. The van der Waals surface area contributed by atoms with E-state index in [-0.39, 0.29) is 29.1 Å². The van der Waals surface area contributed by atoms with Crippen LogP contribution in [-0.4, -0.2) is 66.0 Å². The first-order valence-electron chi connectivity index (χ1n) is 11.0. The van der Waals surface area contributed by atoms with Gasteiger partial charge < -0.3 is 20.3 Å². The molecule has 0 spiro atoms. The molecule has 3 aliphatic rings. The summed E-state index contributed by atoms with van der Waals surface area (Å²) in [5.41, 5.74) is 0.706. The van der Waals surface area contributed by atoms with Gasteiger partial charge in [-0.3, -0.25) is 14.5 Å². The van der Waals surface area contributed by atoms with Gasteiger partial charge in [0, 0.05) is 57.4 Å². The van der Waals surface area contributed by atoms with Gasteiger partial charge in [0.15, 0.2) is 11.9 Å². The Balaban J connectivity index is 1.23. The number of aromatic nitrogens is 2. The van der Waals surface area contributed by atoms with Crippen molar-refractivity contribution in [3.63, 3.8) is 0 Å². The number of rotatable bonds is 5. The smallest absolute Gasteiger partial charge is 0.269 e. The zero-order valence-corrected chi connectivity index (χ0v) is 18.1. The number of nitrogens with zero attached hydrogens (tertiary/aromatic N) is 4. The molecule has 0 radical (unpaired) electrons. The van der Waals surface area contributed by atoms with Crippen LogP contribution < -0.4 is 20.3 Å². The summed E-state index contributed by atoms with van der Waals surface area (Å²) in [6.45, 7) is 2.47. The van der Waals surface area contributed by atoms with Gasteiger partial charge in [-0.15, -0.1) is 0 Å². The lowest BCUT2D eigenvalue weighted by Crippen LogP contribution is -2.46. The van der Waals surface area contributed by atoms with E-state index in [1.807, 2.05) is 9.80 Å². The van der Waals surface area contributed by atoms with E-state index >= 15 is 4.39 Å². The maximum Gasteiger partial charge on any atom is 0.269 e. The van der Waals surface area contributed by atoms with E-state index in [0.29, 0.717) is 44.0 Å². The molecule has 0 bridgehead atoms. The van der Waals surface area contributed by atoms with E-state index in [1.165, 1.54) is 19.3 Å². The number of anilines is 2. The minimum Gasteiger partial charge on any atom is -0.462 e. The molecule has 0 aromatic carbocycles. The number of hydrogen-bond acceptors (Lipinski definition) is 7. The van der Waals surface area contributed by atoms with Gasteiger partial charge in [0.25, 0.3) is 11.8 Å². The number of carbonyl (C=O) groups excluding carboxylic acids is 2. The molecule has 2 N–H and O–H groups in total. The van der Waals surface area contributed by atoms with Crippen molar-refractivity contribution >= 4 is 23.2 Å². The molecule has 11 heteroatoms. The molecule has 1 aliphatic carbocycles. The summed E-state index contributed by atoms with van der Waals surface area (Å²) in [4.78, 5) is 35.8. The molecule has 2 aliphatic heterocycles. The van der Waals surface area contributed by atoms with Crippen LogP contribution in [0.25, 0.3) is 0 Å². The molecule has 2 aromatic rings. The Morgan fingerprint density at radius 1 is 1.24 bits per heavy atom. The van der Waals surface area contributed by atoms with E-state index < -0.39 is 23.8 Å². The van der Waals surface area contributed by atoms with Gasteiger partial charge in [0.2, 0.25) is 11.8 Å². The van der Waals surface area contributed by atoms with E-state index in [1.54, 1.807) is 6.07 Å². The largest absolute Gasteiger partial charge is 0.462 e. The van der Waals surface area contributed by atoms with Gasteiger partial charge in [-0.25, -0.2) is 14.4 Å². The maximum absolute atomic E-state index is 15.1. The highest BCUT2D eigenvalue weighted by molar-refractivity contribution is 5.98. The summed E-state index contributed by atoms with van der Waals surface area (Å²) in [6.07, 6.45) is 2.71. The fraction of sp³-hybridized carbons (Fsp3) is 0.455. The van der Waals surface area contributed by atoms with Crippen molar-refractivity contribution in [2.24, 2.45) is 5.92 Å². The van der Waals surface area contributed by atoms with Crippen LogP contribution in [0.1, 0.15) is 28.9 Å². The van der Waals surface area contributed by atoms with Crippen LogP contribution in [0.3, 0.4) is 0 Å². The monoisotopic (exact) mass is 458 g/mol. The number of hydrogen-bond donors (Lipinski definition) is 2. The van der Waals surface area contributed by atoms with Gasteiger partial charge in [-0.1, -0.05) is 0 Å². The number of nitrogens with one attached hydrogen (secondary N) is 2. The van der Waals surface area contributed by atoms with Crippen LogP contribution in [0.5, 0.6) is 5.88 Å². The normalized spacial score (nSPS) is 20.6. The molecule has 0 unspecified atom stereocenters. The number of piperazine rings is 1. The van der Waals surface area contributed by atoms with Crippen LogP contribution in [0.15, 0.2) is 18.3 Å². The third-order valence-corrected chi connectivity index (χ3v) is 6.24. The van der Waals surface area contributed by atoms with Crippen molar-refractivity contribution in [1.29, 1.82) is 0 Å². The zero-order chi connectivity index (χ0) is 23.1. The van der Waals surface area contributed by atoms with Crippen molar-refractivity contribution in [2.45, 2.75) is 25.5 Å². The Labute approximate surface area is 189 Å². The third kappa shape index (κ3) is 4.20. The molecule has 1 atom stereocenters. The first-order valence-corrected chi connectivity index (χ1v) is 11.0. The average molecular weight is 458 g/mol. The molecule has 2 fully saturated rings. The second-order valence-corrected chi connectivity index (χ2v) is 8.49. The molecule has 9 nitrogen and oxygen atoms in total. The first kappa shape index (κ1) is 21.5. The van der Waals surface area contributed by atoms with Crippen molar-refractivity contribution in [3.05, 3.63) is 41.4 Å². The lowest BCUT2D eigenvalue weighted by atomic mass is 10.1. The summed E-state index contributed by atoms with van der Waals surface area (Å²) in [6, 6.07) is 3.04. The number of pyridine rings is 2. The third-order valence-electron chi connectivity index (χ3n) is 6.24. The lowest BCUT2D eigenvalue weighted by molar-refractivity contribution is -0.124. The zero-order valence-electron chi connectivity index (χ0n) is 18.1. The molecule has 33 heavy (non-hydrogen) atoms. The van der Waals surface area contributed by atoms with Gasteiger partial charge in [0.05, 0.1) is 5.69 Å². The predicted octanol–water partition coefficient (Wildman–Crippen LogP) is 1.55. The minimum atomic E-state index is -0.699. The van der Waals surface area contributed by atoms with Gasteiger partial charge in [-0.05, 0) is 25.0 Å². The topological polar surface area (TPSA) is 99.7 Å². The molecular weight excluding hydrogens is 434 g/mol. The van der Waals surface area contributed by atoms with Crippen LogP contribution in [0.2, 0.25) is 0 Å². The molecule has 5 rings (SSSR count). The highest BCUT2D eigenvalue weighted by Gasteiger charge is 2.42. The van der Waals surface area contributed by atoms with E-state index in [2.05, 4.69) is 20.6 Å². The Bertz CT molecular complexity index is 1100. The molecular formula is C22H24F2N6O3. The Morgan fingerprint density at radius 3 is 2.67 bits per heavy atom. The summed E-state index contributed by atoms with van der Waals surface area (Å²) >= 11 is 0. The summed E-state index contributed by atoms with van der Waals surface area (Å²) in [5, 5.41) is 5.04. The molecule has 1 saturated heterocycles. The van der Waals surface area contributed by atoms with Crippen LogP contribution in [0, 0.1) is 17.7 Å². The first-order chi connectivity index (χ1) is 15.9. The van der Waals surface area contributed by atoms with Crippen LogP contribution >= 0.6 is 0 Å². The highest BCUT2D eigenvalue weighted by Crippen LogP contribution is 2.40. The second-order valence-electron chi connectivity index (χ2n) is 8.49. The second kappa shape index (κ2) is 8.54. The molecule has 2 amide bonds. The maximum atomic E-state index is 15.1. The molecule has 174 valence electrons. The van der Waals surface area contributed by atoms with Gasteiger partial charge >= 0.3 is 0 Å². The summed E-state index contributed by atoms with van der Waals surface area (Å²) in [7, 11) is 1.46. The van der Waals surface area contributed by atoms with Crippen LogP contribution in [0.4, 0.5) is 20.2 Å². The minimum absolute atomic E-state index is 0.00242. The number of fused-ring (bicyclic) bond motifs is 1. The molecule has 1 saturated carbocycles. The fourth-order valence-corrected chi connectivity index (χ4v) is 4.20. The summed E-state index contributed by atoms with van der Waals surface area (Å²) in [5.74, 6) is -1.70. The number of ether oxygens (including phenoxy) is 1. The lowest BCUT2D eigenvalue weighted by Gasteiger charge is -2.36. The van der Waals surface area contributed by atoms with E-state index in [4.69, 9.17) is 4.74 Å². The predicted molar refractivity (Wildman–Crippen MR) is 115 cm³/mol. The number of carbonyl (C=O) groups is 2. The van der Waals surface area contributed by atoms with Gasteiger partial charge in [-0.2, -0.15) is 4.39 Å². The van der Waals surface area contributed by atoms with Crippen molar-refractivity contribution in [2.75, 3.05) is 43.4 Å². The Hall–Kier alpha value is -3.34. The van der Waals surface area contributed by atoms with Crippen molar-refractivity contribution < 1.29 is 23.1 Å². The molecule has 4 heterocycles. The quantitative estimate of drug-likeness (QED) is 0.656. The van der Waals surface area contributed by atoms with Crippen molar-refractivity contribution in [3.8, 4) is 5.88 Å². The highest BCUT2D eigenvalue weighted by atomic mass is 19.1. The van der Waals surface area contributed by atoms with E-state index in [9.17, 15) is 14.0 Å². The summed E-state index contributed by atoms with van der Waals surface area (Å²) < 4.78 is 35.2. The molecule has 2 aromatic heterocycles. The average Bonchev–Trinajstić information content (AvgIpc) is 3.66. The van der Waals surface area contributed by atoms with Crippen molar-refractivity contribution in [1.82, 2.24) is 20.2 Å². The fourth-order valence-electron chi connectivity index (χ4n) is 4.20. The Kier molecular flexibility index (Phi) is 5.57. The van der Waals surface area contributed by atoms with Crippen LogP contribution in [-0.2, 0) is 11.3 Å². The van der Waals surface area contributed by atoms with E-state index in [0.717, 1.165) is 12.8 Å².